The molecular weight excluding hydrogens is 255 g/mol. The summed E-state index contributed by atoms with van der Waals surface area (Å²) < 4.78 is 18.3. The molecule has 1 amide bonds. The zero-order valence-electron chi connectivity index (χ0n) is 10.0. The van der Waals surface area contributed by atoms with Crippen LogP contribution in [-0.2, 0) is 4.79 Å². The van der Waals surface area contributed by atoms with Gasteiger partial charge < -0.3 is 15.4 Å². The summed E-state index contributed by atoms with van der Waals surface area (Å²) in [6, 6.07) is 4.16. The lowest BCUT2D eigenvalue weighted by Gasteiger charge is -2.22. The van der Waals surface area contributed by atoms with Crippen LogP contribution >= 0.6 is 11.8 Å². The van der Waals surface area contributed by atoms with Crippen molar-refractivity contribution in [2.75, 3.05) is 30.5 Å². The molecule has 6 heteroatoms. The summed E-state index contributed by atoms with van der Waals surface area (Å²) in [5.74, 6) is 1.30. The second-order valence-electron chi connectivity index (χ2n) is 3.92. The van der Waals surface area contributed by atoms with E-state index in [9.17, 15) is 9.18 Å². The van der Waals surface area contributed by atoms with E-state index in [1.807, 2.05) is 0 Å². The van der Waals surface area contributed by atoms with E-state index in [-0.39, 0.29) is 17.7 Å². The lowest BCUT2D eigenvalue weighted by molar-refractivity contribution is -0.117. The number of rotatable bonds is 3. The molecule has 4 nitrogen and oxygen atoms in total. The van der Waals surface area contributed by atoms with Crippen molar-refractivity contribution in [2.45, 2.75) is 6.04 Å². The number of anilines is 1. The fourth-order valence-electron chi connectivity index (χ4n) is 1.71. The first-order valence-electron chi connectivity index (χ1n) is 5.66. The molecule has 2 N–H and O–H groups in total. The van der Waals surface area contributed by atoms with Crippen molar-refractivity contribution in [3.63, 3.8) is 0 Å². The number of ether oxygens (including phenoxy) is 1. The Morgan fingerprint density at radius 2 is 2.44 bits per heavy atom. The molecule has 98 valence electrons. The molecule has 1 atom stereocenters. The molecule has 0 spiro atoms. The highest BCUT2D eigenvalue weighted by Crippen LogP contribution is 2.21. The first kappa shape index (κ1) is 13.2. The lowest BCUT2D eigenvalue weighted by atomic mass is 10.2. The van der Waals surface area contributed by atoms with Crippen molar-refractivity contribution in [1.82, 2.24) is 5.32 Å². The van der Waals surface area contributed by atoms with Crippen LogP contribution in [0, 0.1) is 5.82 Å². The van der Waals surface area contributed by atoms with Crippen LogP contribution in [0.1, 0.15) is 0 Å². The molecule has 0 radical (unpaired) electrons. The predicted octanol–water partition coefficient (Wildman–Crippen LogP) is 1.48. The highest BCUT2D eigenvalue weighted by Gasteiger charge is 2.21. The quantitative estimate of drug-likeness (QED) is 0.873. The van der Waals surface area contributed by atoms with E-state index < -0.39 is 5.82 Å². The summed E-state index contributed by atoms with van der Waals surface area (Å²) in [6.07, 6.45) is 0. The van der Waals surface area contributed by atoms with Gasteiger partial charge in [-0.05, 0) is 12.1 Å². The Kier molecular flexibility index (Phi) is 4.43. The minimum Gasteiger partial charge on any atom is -0.494 e. The van der Waals surface area contributed by atoms with Gasteiger partial charge in [0.2, 0.25) is 5.91 Å². The molecular formula is C12H15FN2O2S. The van der Waals surface area contributed by atoms with E-state index in [2.05, 4.69) is 10.6 Å². The van der Waals surface area contributed by atoms with Crippen molar-refractivity contribution in [1.29, 1.82) is 0 Å². The number of thioether (sulfide) groups is 1. The SMILES string of the molecule is COc1ccc(NC(=O)C2CSCCN2)cc1F. The van der Waals surface area contributed by atoms with Gasteiger partial charge in [-0.3, -0.25) is 4.79 Å². The van der Waals surface area contributed by atoms with Crippen molar-refractivity contribution < 1.29 is 13.9 Å². The molecule has 1 saturated heterocycles. The van der Waals surface area contributed by atoms with Crippen molar-refractivity contribution >= 4 is 23.4 Å². The standard InChI is InChI=1S/C12H15FN2O2S/c1-17-11-3-2-8(6-9(11)13)15-12(16)10-7-18-5-4-14-10/h2-3,6,10,14H,4-5,7H2,1H3,(H,15,16). The minimum atomic E-state index is -0.485. The molecule has 1 unspecified atom stereocenters. The maximum atomic E-state index is 13.4. The smallest absolute Gasteiger partial charge is 0.242 e. The second kappa shape index (κ2) is 6.06. The van der Waals surface area contributed by atoms with E-state index in [1.165, 1.54) is 19.2 Å². The zero-order chi connectivity index (χ0) is 13.0. The predicted molar refractivity (Wildman–Crippen MR) is 70.7 cm³/mol. The average molecular weight is 270 g/mol. The number of benzene rings is 1. The Bertz CT molecular complexity index is 436. The van der Waals surface area contributed by atoms with Gasteiger partial charge in [0.05, 0.1) is 13.2 Å². The first-order valence-corrected chi connectivity index (χ1v) is 6.81. The van der Waals surface area contributed by atoms with Gasteiger partial charge in [-0.15, -0.1) is 0 Å². The van der Waals surface area contributed by atoms with Crippen LogP contribution in [0.15, 0.2) is 18.2 Å². The Labute approximate surface area is 109 Å². The number of amides is 1. The number of nitrogens with one attached hydrogen (secondary N) is 2. The summed E-state index contributed by atoms with van der Waals surface area (Å²) >= 11 is 1.73. The van der Waals surface area contributed by atoms with Crippen molar-refractivity contribution in [3.05, 3.63) is 24.0 Å². The lowest BCUT2D eigenvalue weighted by Crippen LogP contribution is -2.46. The van der Waals surface area contributed by atoms with Gasteiger partial charge in [0, 0.05) is 29.8 Å². The van der Waals surface area contributed by atoms with Crippen LogP contribution in [0.3, 0.4) is 0 Å². The van der Waals surface area contributed by atoms with Gasteiger partial charge in [0.15, 0.2) is 11.6 Å². The van der Waals surface area contributed by atoms with Crippen LogP contribution < -0.4 is 15.4 Å². The Morgan fingerprint density at radius 3 is 3.06 bits per heavy atom. The van der Waals surface area contributed by atoms with Gasteiger partial charge in [-0.2, -0.15) is 11.8 Å². The molecule has 1 heterocycles. The largest absolute Gasteiger partial charge is 0.494 e. The van der Waals surface area contributed by atoms with Crippen LogP contribution in [0.2, 0.25) is 0 Å². The highest BCUT2D eigenvalue weighted by atomic mass is 32.2. The molecule has 0 saturated carbocycles. The maximum Gasteiger partial charge on any atom is 0.242 e. The van der Waals surface area contributed by atoms with Gasteiger partial charge in [0.1, 0.15) is 0 Å². The average Bonchev–Trinajstić information content (AvgIpc) is 2.40. The molecule has 0 aromatic heterocycles. The van der Waals surface area contributed by atoms with Gasteiger partial charge in [-0.25, -0.2) is 4.39 Å². The van der Waals surface area contributed by atoms with E-state index >= 15 is 0 Å². The van der Waals surface area contributed by atoms with Gasteiger partial charge >= 0.3 is 0 Å². The molecule has 1 aromatic carbocycles. The molecule has 2 rings (SSSR count). The summed E-state index contributed by atoms with van der Waals surface area (Å²) in [6.45, 7) is 0.819. The number of hydrogen-bond acceptors (Lipinski definition) is 4. The highest BCUT2D eigenvalue weighted by molar-refractivity contribution is 7.99. The van der Waals surface area contributed by atoms with E-state index in [4.69, 9.17) is 4.74 Å². The number of methoxy groups -OCH3 is 1. The Hall–Kier alpha value is -1.27. The van der Waals surface area contributed by atoms with Crippen LogP contribution in [0.4, 0.5) is 10.1 Å². The van der Waals surface area contributed by atoms with E-state index in [1.54, 1.807) is 17.8 Å². The molecule has 18 heavy (non-hydrogen) atoms. The van der Waals surface area contributed by atoms with Gasteiger partial charge in [-0.1, -0.05) is 0 Å². The number of hydrogen-bond donors (Lipinski definition) is 2. The third-order valence-electron chi connectivity index (χ3n) is 2.66. The van der Waals surface area contributed by atoms with Crippen molar-refractivity contribution in [2.24, 2.45) is 0 Å². The van der Waals surface area contributed by atoms with Crippen LogP contribution in [-0.4, -0.2) is 37.1 Å². The summed E-state index contributed by atoms with van der Waals surface area (Å²) in [5, 5.41) is 5.82. The zero-order valence-corrected chi connectivity index (χ0v) is 10.8. The summed E-state index contributed by atoms with van der Waals surface area (Å²) in [4.78, 5) is 11.9. The summed E-state index contributed by atoms with van der Waals surface area (Å²) in [5.41, 5.74) is 0.440. The molecule has 1 aliphatic rings. The summed E-state index contributed by atoms with van der Waals surface area (Å²) in [7, 11) is 1.40. The maximum absolute atomic E-state index is 13.4. The monoisotopic (exact) mass is 270 g/mol. The topological polar surface area (TPSA) is 50.4 Å². The van der Waals surface area contributed by atoms with E-state index in [0.29, 0.717) is 5.69 Å². The van der Waals surface area contributed by atoms with Crippen LogP contribution in [0.25, 0.3) is 0 Å². The molecule has 1 fully saturated rings. The number of halogens is 1. The number of carbonyl (C=O) groups excluding carboxylic acids is 1. The first-order chi connectivity index (χ1) is 8.70. The fourth-order valence-corrected chi connectivity index (χ4v) is 2.64. The fraction of sp³-hybridized carbons (Fsp3) is 0.417. The van der Waals surface area contributed by atoms with Crippen molar-refractivity contribution in [3.8, 4) is 5.75 Å². The molecule has 0 aliphatic carbocycles. The van der Waals surface area contributed by atoms with Crippen LogP contribution in [0.5, 0.6) is 5.75 Å². The van der Waals surface area contributed by atoms with E-state index in [0.717, 1.165) is 18.1 Å². The normalized spacial score (nSPS) is 19.3. The molecule has 0 bridgehead atoms. The second-order valence-corrected chi connectivity index (χ2v) is 5.07. The Balaban J connectivity index is 2.00. The minimum absolute atomic E-state index is 0.133. The Morgan fingerprint density at radius 1 is 1.61 bits per heavy atom. The van der Waals surface area contributed by atoms with Gasteiger partial charge in [0.25, 0.3) is 0 Å². The third-order valence-corrected chi connectivity index (χ3v) is 3.72. The molecule has 1 aromatic rings. The number of carbonyl (C=O) groups is 1. The molecule has 1 aliphatic heterocycles. The third kappa shape index (κ3) is 3.14.